The zero-order valence-corrected chi connectivity index (χ0v) is 17.0. The van der Waals surface area contributed by atoms with Gasteiger partial charge in [0.25, 0.3) is 0 Å². The Hall–Kier alpha value is -1.85. The minimum Gasteiger partial charge on any atom is -0.363 e. The molecule has 0 aliphatic carbocycles. The van der Waals surface area contributed by atoms with Crippen LogP contribution in [-0.4, -0.2) is 35.0 Å². The number of hydrogen-bond acceptors (Lipinski definition) is 4. The van der Waals surface area contributed by atoms with Gasteiger partial charge in [-0.2, -0.15) is 0 Å². The first-order chi connectivity index (χ1) is 12.2. The van der Waals surface area contributed by atoms with Crippen LogP contribution in [-0.2, 0) is 9.59 Å². The summed E-state index contributed by atoms with van der Waals surface area (Å²) in [4.78, 5) is 26.7. The highest BCUT2D eigenvalue weighted by atomic mass is 16.5. The van der Waals surface area contributed by atoms with Crippen molar-refractivity contribution in [1.82, 2.24) is 10.1 Å². The van der Waals surface area contributed by atoms with E-state index in [4.69, 9.17) is 4.52 Å². The maximum atomic E-state index is 12.8. The zero-order chi connectivity index (χ0) is 19.6. The minimum atomic E-state index is -0.244. The molecule has 0 fully saturated rings. The average molecular weight is 366 g/mol. The Morgan fingerprint density at radius 3 is 2.58 bits per heavy atom. The molecule has 0 bridgehead atoms. The number of carbonyl (C=O) groups excluding carboxylic acids is 2. The highest BCUT2D eigenvalue weighted by molar-refractivity contribution is 5.93. The molecule has 2 amide bonds. The van der Waals surface area contributed by atoms with Gasteiger partial charge >= 0.3 is 0 Å². The van der Waals surface area contributed by atoms with Crippen LogP contribution in [0.5, 0.6) is 0 Å². The first-order valence-corrected chi connectivity index (χ1v) is 9.69. The molecule has 6 nitrogen and oxygen atoms in total. The molecule has 1 unspecified atom stereocenters. The van der Waals surface area contributed by atoms with Gasteiger partial charge in [-0.1, -0.05) is 59.0 Å². The maximum Gasteiger partial charge on any atom is 0.245 e. The van der Waals surface area contributed by atoms with Gasteiger partial charge in [0.15, 0.2) is 5.82 Å². The number of rotatable bonds is 11. The molecule has 1 aromatic rings. The van der Waals surface area contributed by atoms with Crippen molar-refractivity contribution in [3.63, 3.8) is 0 Å². The maximum absolute atomic E-state index is 12.8. The van der Waals surface area contributed by atoms with E-state index in [1.54, 1.807) is 11.0 Å². The van der Waals surface area contributed by atoms with Gasteiger partial charge in [-0.15, -0.1) is 0 Å². The summed E-state index contributed by atoms with van der Waals surface area (Å²) in [6.07, 6.45) is 7.14. The Morgan fingerprint density at radius 2 is 2.00 bits per heavy atom. The van der Waals surface area contributed by atoms with E-state index >= 15 is 0 Å². The summed E-state index contributed by atoms with van der Waals surface area (Å²) >= 11 is 0. The van der Waals surface area contributed by atoms with Crippen LogP contribution in [0.1, 0.15) is 73.1 Å². The molecule has 6 heteroatoms. The number of nitrogens with zero attached hydrogens (tertiary/aromatic N) is 2. The lowest BCUT2D eigenvalue weighted by Crippen LogP contribution is -2.39. The van der Waals surface area contributed by atoms with Crippen molar-refractivity contribution >= 4 is 17.6 Å². The molecule has 148 valence electrons. The van der Waals surface area contributed by atoms with Crippen molar-refractivity contribution in [2.75, 3.05) is 18.4 Å². The molecule has 0 aliphatic rings. The largest absolute Gasteiger partial charge is 0.363 e. The van der Waals surface area contributed by atoms with Crippen LogP contribution in [0, 0.1) is 11.3 Å². The Balaban J connectivity index is 2.60. The van der Waals surface area contributed by atoms with Crippen molar-refractivity contribution in [3.05, 3.63) is 12.3 Å². The third kappa shape index (κ3) is 9.59. The lowest BCUT2D eigenvalue weighted by Gasteiger charge is -2.26. The van der Waals surface area contributed by atoms with Crippen LogP contribution in [0.25, 0.3) is 0 Å². The van der Waals surface area contributed by atoms with Gasteiger partial charge in [0, 0.05) is 19.0 Å². The number of aromatic nitrogens is 1. The van der Waals surface area contributed by atoms with E-state index in [1.807, 2.05) is 0 Å². The average Bonchev–Trinajstić information content (AvgIpc) is 3.01. The van der Waals surface area contributed by atoms with Gasteiger partial charge in [-0.25, -0.2) is 0 Å². The Labute approximate surface area is 157 Å². The molecule has 0 saturated heterocycles. The lowest BCUT2D eigenvalue weighted by molar-refractivity contribution is -0.135. The predicted octanol–water partition coefficient (Wildman–Crippen LogP) is 4.48. The van der Waals surface area contributed by atoms with Crippen LogP contribution >= 0.6 is 0 Å². The molecule has 1 rings (SSSR count). The highest BCUT2D eigenvalue weighted by Gasteiger charge is 2.22. The first-order valence-electron chi connectivity index (χ1n) is 9.69. The fraction of sp³-hybridized carbons (Fsp3) is 0.750. The smallest absolute Gasteiger partial charge is 0.245 e. The standard InChI is InChI=1S/C20H35N3O3/c1-6-7-8-9-11-23(15-18(24)21-17-10-12-26-22-17)19(25)13-16(2)14-20(3,4)5/h10,12,16H,6-9,11,13-15H2,1-5H3,(H,21,22,24). The van der Waals surface area contributed by atoms with Crippen LogP contribution in [0.15, 0.2) is 16.9 Å². The van der Waals surface area contributed by atoms with E-state index in [0.717, 1.165) is 32.1 Å². The van der Waals surface area contributed by atoms with E-state index in [0.29, 0.717) is 24.7 Å². The molecule has 26 heavy (non-hydrogen) atoms. The van der Waals surface area contributed by atoms with E-state index in [1.165, 1.54) is 6.26 Å². The van der Waals surface area contributed by atoms with Gasteiger partial charge in [-0.05, 0) is 24.2 Å². The fourth-order valence-corrected chi connectivity index (χ4v) is 3.20. The lowest BCUT2D eigenvalue weighted by atomic mass is 9.84. The molecule has 1 N–H and O–H groups in total. The van der Waals surface area contributed by atoms with Gasteiger partial charge in [-0.3, -0.25) is 9.59 Å². The summed E-state index contributed by atoms with van der Waals surface area (Å²) in [6, 6.07) is 1.58. The van der Waals surface area contributed by atoms with Crippen LogP contribution in [0.2, 0.25) is 0 Å². The summed E-state index contributed by atoms with van der Waals surface area (Å²) in [6.45, 7) is 11.5. The highest BCUT2D eigenvalue weighted by Crippen LogP contribution is 2.26. The molecule has 1 aromatic heterocycles. The van der Waals surface area contributed by atoms with Crippen molar-refractivity contribution in [2.45, 2.75) is 73.1 Å². The molecule has 0 spiro atoms. The monoisotopic (exact) mass is 365 g/mol. The van der Waals surface area contributed by atoms with Gasteiger partial charge in [0.05, 0.1) is 6.54 Å². The second-order valence-electron chi connectivity index (χ2n) is 8.38. The number of unbranched alkanes of at least 4 members (excludes halogenated alkanes) is 3. The van der Waals surface area contributed by atoms with E-state index < -0.39 is 0 Å². The topological polar surface area (TPSA) is 75.4 Å². The molecule has 1 heterocycles. The van der Waals surface area contributed by atoms with Crippen molar-refractivity contribution in [1.29, 1.82) is 0 Å². The second-order valence-corrected chi connectivity index (χ2v) is 8.38. The van der Waals surface area contributed by atoms with Gasteiger partial charge in [0.2, 0.25) is 11.8 Å². The molecule has 0 radical (unpaired) electrons. The van der Waals surface area contributed by atoms with Crippen molar-refractivity contribution < 1.29 is 14.1 Å². The SMILES string of the molecule is CCCCCCN(CC(=O)Nc1ccon1)C(=O)CC(C)CC(C)(C)C. The Kier molecular flexibility index (Phi) is 9.38. The molecule has 0 aliphatic heterocycles. The molecule has 0 saturated carbocycles. The number of amides is 2. The fourth-order valence-electron chi connectivity index (χ4n) is 3.20. The summed E-state index contributed by atoms with van der Waals surface area (Å²) in [5, 5.41) is 6.34. The predicted molar refractivity (Wildman–Crippen MR) is 104 cm³/mol. The van der Waals surface area contributed by atoms with Gasteiger partial charge < -0.3 is 14.7 Å². The molecular formula is C20H35N3O3. The second kappa shape index (κ2) is 11.0. The molecular weight excluding hydrogens is 330 g/mol. The Bertz CT molecular complexity index is 535. The van der Waals surface area contributed by atoms with Crippen molar-refractivity contribution in [2.24, 2.45) is 11.3 Å². The number of carbonyl (C=O) groups is 2. The van der Waals surface area contributed by atoms with E-state index in [2.05, 4.69) is 45.1 Å². The zero-order valence-electron chi connectivity index (χ0n) is 17.0. The molecule has 1 atom stereocenters. The normalized spacial score (nSPS) is 12.7. The van der Waals surface area contributed by atoms with Crippen LogP contribution in [0.3, 0.4) is 0 Å². The van der Waals surface area contributed by atoms with Crippen molar-refractivity contribution in [3.8, 4) is 0 Å². The quantitative estimate of drug-likeness (QED) is 0.586. The third-order valence-corrected chi connectivity index (χ3v) is 4.16. The first kappa shape index (κ1) is 22.2. The summed E-state index contributed by atoms with van der Waals surface area (Å²) < 4.78 is 4.71. The van der Waals surface area contributed by atoms with Gasteiger partial charge in [0.1, 0.15) is 6.26 Å². The van der Waals surface area contributed by atoms with E-state index in [9.17, 15) is 9.59 Å². The number of hydrogen-bond donors (Lipinski definition) is 1. The molecule has 0 aromatic carbocycles. The Morgan fingerprint density at radius 1 is 1.27 bits per heavy atom. The number of anilines is 1. The summed E-state index contributed by atoms with van der Waals surface area (Å²) in [5.74, 6) is 0.466. The minimum absolute atomic E-state index is 0.0496. The van der Waals surface area contributed by atoms with Crippen LogP contribution in [0.4, 0.5) is 5.82 Å². The number of nitrogens with one attached hydrogen (secondary N) is 1. The third-order valence-electron chi connectivity index (χ3n) is 4.16. The van der Waals surface area contributed by atoms with Crippen LogP contribution < -0.4 is 5.32 Å². The van der Waals surface area contributed by atoms with E-state index in [-0.39, 0.29) is 23.8 Å². The summed E-state index contributed by atoms with van der Waals surface area (Å²) in [7, 11) is 0. The summed E-state index contributed by atoms with van der Waals surface area (Å²) in [5.41, 5.74) is 0.190.